The number of esters is 1. The van der Waals surface area contributed by atoms with Gasteiger partial charge < -0.3 is 9.47 Å². The maximum Gasteiger partial charge on any atom is 0.338 e. The Morgan fingerprint density at radius 1 is 1.37 bits per heavy atom. The van der Waals surface area contributed by atoms with E-state index in [2.05, 4.69) is 0 Å². The molecule has 0 N–H and O–H groups in total. The topological polar surface area (TPSA) is 78.7 Å². The van der Waals surface area contributed by atoms with E-state index in [1.807, 2.05) is 6.92 Å². The number of benzene rings is 1. The zero-order valence-electron chi connectivity index (χ0n) is 10.4. The first-order valence-electron chi connectivity index (χ1n) is 5.75. The number of halogens is 1. The van der Waals surface area contributed by atoms with Crippen molar-refractivity contribution < 1.29 is 23.6 Å². The Balaban J connectivity index is 2.57. The Morgan fingerprint density at radius 3 is 2.74 bits per heavy atom. The Bertz CT molecular complexity index is 463. The summed E-state index contributed by atoms with van der Waals surface area (Å²) in [4.78, 5) is 21.2. The van der Waals surface area contributed by atoms with Crippen molar-refractivity contribution >= 4 is 11.7 Å². The van der Waals surface area contributed by atoms with Crippen molar-refractivity contribution in [1.82, 2.24) is 0 Å². The van der Waals surface area contributed by atoms with Gasteiger partial charge in [-0.25, -0.2) is 4.79 Å². The van der Waals surface area contributed by atoms with Gasteiger partial charge in [0.1, 0.15) is 6.61 Å². The van der Waals surface area contributed by atoms with Crippen LogP contribution in [0.15, 0.2) is 18.2 Å². The standard InChI is InChI=1S/C12H14FNO5/c1-2-5-18-6-7-19-12(15)9-3-4-10(13)11(8-9)14(16)17/h3-4,8H,2,5-7H2,1H3. The first-order valence-corrected chi connectivity index (χ1v) is 5.75. The van der Waals surface area contributed by atoms with Gasteiger partial charge in [-0.1, -0.05) is 6.92 Å². The van der Waals surface area contributed by atoms with E-state index in [9.17, 15) is 19.3 Å². The lowest BCUT2D eigenvalue weighted by molar-refractivity contribution is -0.387. The summed E-state index contributed by atoms with van der Waals surface area (Å²) in [7, 11) is 0. The second-order valence-corrected chi connectivity index (χ2v) is 3.67. The Hall–Kier alpha value is -2.02. The molecule has 0 amide bonds. The SMILES string of the molecule is CCCOCCOC(=O)c1ccc(F)c([N+](=O)[O-])c1. The molecule has 1 aromatic rings. The summed E-state index contributed by atoms with van der Waals surface area (Å²) in [5, 5.41) is 10.5. The fourth-order valence-electron chi connectivity index (χ4n) is 1.30. The highest BCUT2D eigenvalue weighted by atomic mass is 19.1. The van der Waals surface area contributed by atoms with E-state index < -0.39 is 22.4 Å². The zero-order valence-corrected chi connectivity index (χ0v) is 10.4. The molecule has 0 radical (unpaired) electrons. The average molecular weight is 271 g/mol. The second-order valence-electron chi connectivity index (χ2n) is 3.67. The minimum atomic E-state index is -0.993. The smallest absolute Gasteiger partial charge is 0.338 e. The van der Waals surface area contributed by atoms with Crippen molar-refractivity contribution in [3.05, 3.63) is 39.7 Å². The average Bonchev–Trinajstić information content (AvgIpc) is 2.38. The van der Waals surface area contributed by atoms with E-state index in [4.69, 9.17) is 9.47 Å². The number of hydrogen-bond donors (Lipinski definition) is 0. The fourth-order valence-corrected chi connectivity index (χ4v) is 1.30. The third-order valence-electron chi connectivity index (χ3n) is 2.19. The lowest BCUT2D eigenvalue weighted by Gasteiger charge is -2.05. The van der Waals surface area contributed by atoms with Gasteiger partial charge in [-0.2, -0.15) is 4.39 Å². The van der Waals surface area contributed by atoms with Crippen molar-refractivity contribution in [1.29, 1.82) is 0 Å². The largest absolute Gasteiger partial charge is 0.460 e. The van der Waals surface area contributed by atoms with Crippen molar-refractivity contribution in [2.24, 2.45) is 0 Å². The third kappa shape index (κ3) is 4.63. The van der Waals surface area contributed by atoms with Crippen LogP contribution in [-0.2, 0) is 9.47 Å². The maximum absolute atomic E-state index is 13.1. The molecule has 0 saturated carbocycles. The third-order valence-corrected chi connectivity index (χ3v) is 2.19. The van der Waals surface area contributed by atoms with Crippen LogP contribution in [0.2, 0.25) is 0 Å². The number of nitrogens with zero attached hydrogens (tertiary/aromatic N) is 1. The van der Waals surface area contributed by atoms with Crippen LogP contribution in [0, 0.1) is 15.9 Å². The molecular weight excluding hydrogens is 257 g/mol. The second kappa shape index (κ2) is 7.42. The van der Waals surface area contributed by atoms with Crippen molar-refractivity contribution in [2.75, 3.05) is 19.8 Å². The Labute approximate surface area is 109 Å². The number of hydrogen-bond acceptors (Lipinski definition) is 5. The molecule has 0 saturated heterocycles. The molecule has 0 aliphatic carbocycles. The molecule has 0 atom stereocenters. The Kier molecular flexibility index (Phi) is 5.87. The van der Waals surface area contributed by atoms with Gasteiger partial charge in [-0.05, 0) is 18.6 Å². The van der Waals surface area contributed by atoms with E-state index in [-0.39, 0.29) is 18.8 Å². The van der Waals surface area contributed by atoms with Crippen LogP contribution in [-0.4, -0.2) is 30.7 Å². The van der Waals surface area contributed by atoms with E-state index in [1.54, 1.807) is 0 Å². The molecule has 0 bridgehead atoms. The zero-order chi connectivity index (χ0) is 14.3. The van der Waals surface area contributed by atoms with Crippen LogP contribution in [0.1, 0.15) is 23.7 Å². The summed E-state index contributed by atoms with van der Waals surface area (Å²) in [6.45, 7) is 2.82. The van der Waals surface area contributed by atoms with Gasteiger partial charge in [0.2, 0.25) is 5.82 Å². The molecule has 6 nitrogen and oxygen atoms in total. The highest BCUT2D eigenvalue weighted by molar-refractivity contribution is 5.90. The first kappa shape index (κ1) is 15.0. The molecule has 0 aromatic heterocycles. The van der Waals surface area contributed by atoms with Gasteiger partial charge in [0.05, 0.1) is 17.1 Å². The summed E-state index contributed by atoms with van der Waals surface area (Å²) in [6, 6.07) is 2.85. The van der Waals surface area contributed by atoms with Gasteiger partial charge in [-0.15, -0.1) is 0 Å². The summed E-state index contributed by atoms with van der Waals surface area (Å²) in [5.74, 6) is -1.74. The number of rotatable bonds is 7. The molecule has 1 aromatic carbocycles. The molecular formula is C12H14FNO5. The molecule has 1 rings (SSSR count). The summed E-state index contributed by atoms with van der Waals surface area (Å²) in [5.41, 5.74) is -0.819. The van der Waals surface area contributed by atoms with Crippen LogP contribution in [0.4, 0.5) is 10.1 Å². The predicted octanol–water partition coefficient (Wildman–Crippen LogP) is 2.32. The van der Waals surface area contributed by atoms with Crippen LogP contribution in [0.3, 0.4) is 0 Å². The van der Waals surface area contributed by atoms with Crippen molar-refractivity contribution in [3.8, 4) is 0 Å². The first-order chi connectivity index (χ1) is 9.06. The van der Waals surface area contributed by atoms with Crippen LogP contribution in [0.5, 0.6) is 0 Å². The summed E-state index contributed by atoms with van der Waals surface area (Å²) in [6.07, 6.45) is 0.859. The fraction of sp³-hybridized carbons (Fsp3) is 0.417. The van der Waals surface area contributed by atoms with Crippen molar-refractivity contribution in [2.45, 2.75) is 13.3 Å². The normalized spacial score (nSPS) is 10.2. The van der Waals surface area contributed by atoms with Gasteiger partial charge in [0.25, 0.3) is 0 Å². The predicted molar refractivity (Wildman–Crippen MR) is 64.4 cm³/mol. The molecule has 104 valence electrons. The molecule has 0 spiro atoms. The molecule has 0 heterocycles. The molecule has 0 unspecified atom stereocenters. The van der Waals surface area contributed by atoms with E-state index in [0.717, 1.165) is 24.6 Å². The minimum absolute atomic E-state index is 0.0456. The molecule has 7 heteroatoms. The van der Waals surface area contributed by atoms with Gasteiger partial charge >= 0.3 is 11.7 Å². The van der Waals surface area contributed by atoms with Gasteiger partial charge in [0.15, 0.2) is 0 Å². The number of nitro benzene ring substituents is 1. The van der Waals surface area contributed by atoms with Gasteiger partial charge in [-0.3, -0.25) is 10.1 Å². The van der Waals surface area contributed by atoms with E-state index in [0.29, 0.717) is 6.61 Å². The Morgan fingerprint density at radius 2 is 2.11 bits per heavy atom. The lowest BCUT2D eigenvalue weighted by atomic mass is 10.2. The number of nitro groups is 1. The number of carbonyl (C=O) groups excluding carboxylic acids is 1. The van der Waals surface area contributed by atoms with Gasteiger partial charge in [0, 0.05) is 12.7 Å². The van der Waals surface area contributed by atoms with Crippen LogP contribution < -0.4 is 0 Å². The molecule has 19 heavy (non-hydrogen) atoms. The quantitative estimate of drug-likeness (QED) is 0.329. The molecule has 0 aliphatic heterocycles. The highest BCUT2D eigenvalue weighted by Crippen LogP contribution is 2.18. The van der Waals surface area contributed by atoms with Crippen LogP contribution >= 0.6 is 0 Å². The van der Waals surface area contributed by atoms with Crippen molar-refractivity contribution in [3.63, 3.8) is 0 Å². The molecule has 0 fully saturated rings. The van der Waals surface area contributed by atoms with E-state index in [1.165, 1.54) is 0 Å². The summed E-state index contributed by atoms with van der Waals surface area (Å²) < 4.78 is 23.0. The summed E-state index contributed by atoms with van der Waals surface area (Å²) >= 11 is 0. The number of carbonyl (C=O) groups is 1. The molecule has 0 aliphatic rings. The maximum atomic E-state index is 13.1. The van der Waals surface area contributed by atoms with E-state index >= 15 is 0 Å². The minimum Gasteiger partial charge on any atom is -0.460 e. The van der Waals surface area contributed by atoms with Crippen LogP contribution in [0.25, 0.3) is 0 Å². The number of ether oxygens (including phenoxy) is 2. The monoisotopic (exact) mass is 271 g/mol. The highest BCUT2D eigenvalue weighted by Gasteiger charge is 2.18. The lowest BCUT2D eigenvalue weighted by Crippen LogP contribution is -2.11.